The molecular formula is C19H25ClN4O2S2. The zero-order chi connectivity index (χ0) is 20.4. The van der Waals surface area contributed by atoms with Crippen molar-refractivity contribution in [1.82, 2.24) is 10.6 Å². The molecule has 2 aromatic carbocycles. The number of hydrogen-bond donors (Lipinski definition) is 3. The molecule has 6 nitrogen and oxygen atoms in total. The first-order valence-corrected chi connectivity index (χ1v) is 12.1. The summed E-state index contributed by atoms with van der Waals surface area (Å²) in [4.78, 5) is 5.72. The molecule has 0 spiro atoms. The van der Waals surface area contributed by atoms with E-state index in [0.717, 1.165) is 40.6 Å². The fourth-order valence-corrected chi connectivity index (χ4v) is 3.83. The number of thioether (sulfide) groups is 1. The van der Waals surface area contributed by atoms with E-state index >= 15 is 0 Å². The number of benzene rings is 2. The van der Waals surface area contributed by atoms with Crippen LogP contribution in [-0.2, 0) is 16.6 Å². The Labute approximate surface area is 176 Å². The van der Waals surface area contributed by atoms with Gasteiger partial charge in [0.2, 0.25) is 10.0 Å². The van der Waals surface area contributed by atoms with Crippen molar-refractivity contribution in [2.75, 3.05) is 29.8 Å². The van der Waals surface area contributed by atoms with Crippen molar-refractivity contribution in [2.45, 2.75) is 18.4 Å². The fourth-order valence-electron chi connectivity index (χ4n) is 2.33. The van der Waals surface area contributed by atoms with E-state index < -0.39 is 10.0 Å². The molecular weight excluding hydrogens is 416 g/mol. The summed E-state index contributed by atoms with van der Waals surface area (Å²) in [6.45, 7) is 3.83. The Morgan fingerprint density at radius 2 is 1.82 bits per heavy atom. The van der Waals surface area contributed by atoms with Crippen LogP contribution < -0.4 is 15.4 Å². The van der Waals surface area contributed by atoms with Gasteiger partial charge in [0.25, 0.3) is 0 Å². The number of para-hydroxylation sites is 1. The largest absolute Gasteiger partial charge is 0.357 e. The van der Waals surface area contributed by atoms with Gasteiger partial charge < -0.3 is 10.6 Å². The molecule has 0 amide bonds. The molecule has 0 saturated heterocycles. The number of halogens is 1. The number of anilines is 1. The lowest BCUT2D eigenvalue weighted by Crippen LogP contribution is -2.38. The third kappa shape index (κ3) is 8.41. The summed E-state index contributed by atoms with van der Waals surface area (Å²) in [7, 11) is -3.34. The standard InChI is InChI=1S/C19H25ClN4O2S2/c1-3-21-19(22-12-13-27-17-10-8-16(20)9-11-17)23-14-15-6-4-5-7-18(15)24-28(2,25)26/h4-11,24H,3,12-14H2,1-2H3,(H2,21,22,23). The van der Waals surface area contributed by atoms with Crippen molar-refractivity contribution in [3.8, 4) is 0 Å². The van der Waals surface area contributed by atoms with E-state index in [-0.39, 0.29) is 0 Å². The van der Waals surface area contributed by atoms with Crippen LogP contribution in [0.15, 0.2) is 58.4 Å². The van der Waals surface area contributed by atoms with E-state index in [1.165, 1.54) is 0 Å². The normalized spacial score (nSPS) is 11.9. The quantitative estimate of drug-likeness (QED) is 0.240. The third-order valence-electron chi connectivity index (χ3n) is 3.54. The van der Waals surface area contributed by atoms with Gasteiger partial charge in [-0.15, -0.1) is 11.8 Å². The highest BCUT2D eigenvalue weighted by molar-refractivity contribution is 7.99. The first kappa shape index (κ1) is 22.4. The first-order valence-electron chi connectivity index (χ1n) is 8.83. The minimum Gasteiger partial charge on any atom is -0.357 e. The molecule has 0 heterocycles. The molecule has 28 heavy (non-hydrogen) atoms. The van der Waals surface area contributed by atoms with E-state index in [2.05, 4.69) is 20.3 Å². The van der Waals surface area contributed by atoms with Gasteiger partial charge >= 0.3 is 0 Å². The molecule has 0 aliphatic rings. The van der Waals surface area contributed by atoms with Gasteiger partial charge in [0.15, 0.2) is 5.96 Å². The molecule has 0 saturated carbocycles. The first-order chi connectivity index (χ1) is 13.4. The van der Waals surface area contributed by atoms with Gasteiger partial charge in [-0.1, -0.05) is 29.8 Å². The van der Waals surface area contributed by atoms with E-state index in [0.29, 0.717) is 18.2 Å². The Kier molecular flexibility index (Phi) is 8.95. The molecule has 0 unspecified atom stereocenters. The summed E-state index contributed by atoms with van der Waals surface area (Å²) in [5.74, 6) is 1.56. The lowest BCUT2D eigenvalue weighted by atomic mass is 10.2. The molecule has 0 bridgehead atoms. The predicted octanol–water partition coefficient (Wildman–Crippen LogP) is 3.56. The number of hydrogen-bond acceptors (Lipinski definition) is 4. The number of nitrogens with zero attached hydrogens (tertiary/aromatic N) is 1. The van der Waals surface area contributed by atoms with Gasteiger partial charge in [-0.25, -0.2) is 13.4 Å². The second-order valence-corrected chi connectivity index (χ2v) is 9.31. The number of nitrogens with one attached hydrogen (secondary N) is 3. The van der Waals surface area contributed by atoms with Gasteiger partial charge in [-0.2, -0.15) is 0 Å². The number of aliphatic imine (C=N–C) groups is 1. The molecule has 152 valence electrons. The molecule has 3 N–H and O–H groups in total. The summed E-state index contributed by atoms with van der Waals surface area (Å²) in [5, 5.41) is 7.23. The van der Waals surface area contributed by atoms with E-state index in [1.54, 1.807) is 23.9 Å². The van der Waals surface area contributed by atoms with Gasteiger partial charge in [0, 0.05) is 28.8 Å². The highest BCUT2D eigenvalue weighted by atomic mass is 35.5. The topological polar surface area (TPSA) is 82.6 Å². The summed E-state index contributed by atoms with van der Waals surface area (Å²) in [6, 6.07) is 15.0. The molecule has 0 aliphatic carbocycles. The molecule has 0 radical (unpaired) electrons. The van der Waals surface area contributed by atoms with Crippen LogP contribution in [0.4, 0.5) is 5.69 Å². The Morgan fingerprint density at radius 3 is 2.50 bits per heavy atom. The summed E-state index contributed by atoms with van der Waals surface area (Å²) >= 11 is 7.63. The Balaban J connectivity index is 1.92. The van der Waals surface area contributed by atoms with Crippen molar-refractivity contribution < 1.29 is 8.42 Å². The molecule has 0 fully saturated rings. The average Bonchev–Trinajstić information content (AvgIpc) is 2.64. The maximum atomic E-state index is 11.5. The van der Waals surface area contributed by atoms with Crippen molar-refractivity contribution in [2.24, 2.45) is 4.99 Å². The monoisotopic (exact) mass is 440 g/mol. The van der Waals surface area contributed by atoms with Gasteiger partial charge in [-0.3, -0.25) is 4.72 Å². The second kappa shape index (κ2) is 11.2. The van der Waals surface area contributed by atoms with Crippen LogP contribution in [0, 0.1) is 0 Å². The van der Waals surface area contributed by atoms with Crippen LogP contribution >= 0.6 is 23.4 Å². The highest BCUT2D eigenvalue weighted by Gasteiger charge is 2.07. The molecule has 9 heteroatoms. The number of sulfonamides is 1. The van der Waals surface area contributed by atoms with Crippen LogP contribution in [0.5, 0.6) is 0 Å². The van der Waals surface area contributed by atoms with Crippen LogP contribution in [0.3, 0.4) is 0 Å². The van der Waals surface area contributed by atoms with Crippen LogP contribution in [0.25, 0.3) is 0 Å². The van der Waals surface area contributed by atoms with Crippen molar-refractivity contribution >= 4 is 45.0 Å². The molecule has 0 aliphatic heterocycles. The van der Waals surface area contributed by atoms with E-state index in [9.17, 15) is 8.42 Å². The van der Waals surface area contributed by atoms with Gasteiger partial charge in [0.1, 0.15) is 0 Å². The SMILES string of the molecule is CCNC(=NCc1ccccc1NS(C)(=O)=O)NCCSc1ccc(Cl)cc1. The lowest BCUT2D eigenvalue weighted by Gasteiger charge is -2.13. The van der Waals surface area contributed by atoms with Crippen LogP contribution in [0.2, 0.25) is 5.02 Å². The summed E-state index contributed by atoms with van der Waals surface area (Å²) in [6.07, 6.45) is 1.14. The van der Waals surface area contributed by atoms with E-state index in [4.69, 9.17) is 11.6 Å². The Morgan fingerprint density at radius 1 is 1.11 bits per heavy atom. The molecule has 0 aromatic heterocycles. The minimum atomic E-state index is -3.34. The lowest BCUT2D eigenvalue weighted by molar-refractivity contribution is 0.606. The zero-order valence-electron chi connectivity index (χ0n) is 15.9. The number of guanidine groups is 1. The Hall–Kier alpha value is -1.90. The van der Waals surface area contributed by atoms with E-state index in [1.807, 2.05) is 43.3 Å². The summed E-state index contributed by atoms with van der Waals surface area (Å²) in [5.41, 5.74) is 1.35. The minimum absolute atomic E-state index is 0.359. The zero-order valence-corrected chi connectivity index (χ0v) is 18.3. The third-order valence-corrected chi connectivity index (χ3v) is 5.40. The predicted molar refractivity (Wildman–Crippen MR) is 120 cm³/mol. The van der Waals surface area contributed by atoms with Crippen molar-refractivity contribution in [3.63, 3.8) is 0 Å². The molecule has 2 aromatic rings. The molecule has 0 atom stereocenters. The van der Waals surface area contributed by atoms with Gasteiger partial charge in [0.05, 0.1) is 18.5 Å². The van der Waals surface area contributed by atoms with Crippen LogP contribution in [-0.4, -0.2) is 39.5 Å². The maximum Gasteiger partial charge on any atom is 0.229 e. The average molecular weight is 441 g/mol. The van der Waals surface area contributed by atoms with Crippen LogP contribution in [0.1, 0.15) is 12.5 Å². The highest BCUT2D eigenvalue weighted by Crippen LogP contribution is 2.20. The number of rotatable bonds is 9. The van der Waals surface area contributed by atoms with Crippen molar-refractivity contribution in [1.29, 1.82) is 0 Å². The second-order valence-electron chi connectivity index (χ2n) is 5.96. The Bertz CT molecular complexity index is 887. The smallest absolute Gasteiger partial charge is 0.229 e. The maximum absolute atomic E-state index is 11.5. The van der Waals surface area contributed by atoms with Crippen molar-refractivity contribution in [3.05, 3.63) is 59.1 Å². The fraction of sp³-hybridized carbons (Fsp3) is 0.316. The molecule has 2 rings (SSSR count). The van der Waals surface area contributed by atoms with Gasteiger partial charge in [-0.05, 0) is 42.8 Å². The summed E-state index contributed by atoms with van der Waals surface area (Å²) < 4.78 is 25.6.